The molecule has 0 aliphatic carbocycles. The summed E-state index contributed by atoms with van der Waals surface area (Å²) in [5, 5.41) is 13.5. The fraction of sp³-hybridized carbons (Fsp3) is 0. The Bertz CT molecular complexity index is 177. The Balaban J connectivity index is 0. The molecule has 0 atom stereocenters. The molecule has 1 aromatic heterocycles. The summed E-state index contributed by atoms with van der Waals surface area (Å²) in [5.41, 5.74) is 0. The van der Waals surface area contributed by atoms with Crippen molar-refractivity contribution < 1.29 is 9.59 Å². The van der Waals surface area contributed by atoms with Gasteiger partial charge in [-0.1, -0.05) is 0 Å². The third-order valence-electron chi connectivity index (χ3n) is 0.406. The van der Waals surface area contributed by atoms with Crippen molar-refractivity contribution in [3.05, 3.63) is 29.5 Å². The van der Waals surface area contributed by atoms with Gasteiger partial charge in [-0.15, -0.1) is 0 Å². The lowest BCUT2D eigenvalue weighted by Gasteiger charge is -1.46. The first-order valence-electron chi connectivity index (χ1n) is 2.28. The second kappa shape index (κ2) is 15.7. The van der Waals surface area contributed by atoms with Gasteiger partial charge in [0, 0.05) is 12.4 Å². The normalized spacial score (nSPS) is 5.09. The summed E-state index contributed by atoms with van der Waals surface area (Å²) in [4.78, 5) is 22.9. The first-order valence-corrected chi connectivity index (χ1v) is 2.28. The summed E-state index contributed by atoms with van der Waals surface area (Å²) >= 11 is 0. The van der Waals surface area contributed by atoms with Gasteiger partial charge in [-0.3, -0.25) is 9.59 Å². The van der Waals surface area contributed by atoms with Crippen LogP contribution in [0.15, 0.2) is 18.7 Å². The van der Waals surface area contributed by atoms with E-state index in [-0.39, 0.29) is 0 Å². The average Bonchev–Trinajstić information content (AvgIpc) is 2.44. The van der Waals surface area contributed by atoms with Crippen LogP contribution < -0.4 is 0 Å². The highest BCUT2D eigenvalue weighted by atomic mass is 16.1. The molecular formula is C5H4N4O2-2. The van der Waals surface area contributed by atoms with Crippen molar-refractivity contribution in [3.63, 3.8) is 0 Å². The number of imidazole rings is 1. The van der Waals surface area contributed by atoms with Gasteiger partial charge in [0.15, 0.2) is 0 Å². The second-order valence-corrected chi connectivity index (χ2v) is 0.943. The van der Waals surface area contributed by atoms with E-state index in [2.05, 4.69) is 9.97 Å². The van der Waals surface area contributed by atoms with Crippen molar-refractivity contribution in [3.8, 4) is 0 Å². The van der Waals surface area contributed by atoms with E-state index < -0.39 is 0 Å². The zero-order valence-electron chi connectivity index (χ0n) is 5.39. The minimum Gasteiger partial charge on any atom is -0.724 e. The molecule has 1 rings (SSSR count). The molecule has 0 aromatic carbocycles. The lowest BCUT2D eigenvalue weighted by molar-refractivity contribution is 0.568. The predicted octanol–water partition coefficient (Wildman–Crippen LogP) is 0.193. The lowest BCUT2D eigenvalue weighted by atomic mass is 11.0. The number of aromatic nitrogens is 2. The van der Waals surface area contributed by atoms with Crippen molar-refractivity contribution in [1.82, 2.24) is 9.97 Å². The van der Waals surface area contributed by atoms with E-state index >= 15 is 0 Å². The molecule has 0 unspecified atom stereocenters. The van der Waals surface area contributed by atoms with Gasteiger partial charge in [0.25, 0.3) is 0 Å². The Morgan fingerprint density at radius 2 is 1.73 bits per heavy atom. The van der Waals surface area contributed by atoms with E-state index in [0.29, 0.717) is 12.2 Å². The van der Waals surface area contributed by atoms with Gasteiger partial charge in [-0.2, -0.15) is 0 Å². The molecule has 1 heterocycles. The predicted molar refractivity (Wildman–Crippen MR) is 36.7 cm³/mol. The minimum absolute atomic E-state index is 0.500. The third kappa shape index (κ3) is 32.2. The Kier molecular flexibility index (Phi) is 16.7. The van der Waals surface area contributed by atoms with E-state index in [1.165, 1.54) is 0 Å². The van der Waals surface area contributed by atoms with Crippen LogP contribution in [0.4, 0.5) is 0 Å². The van der Waals surface area contributed by atoms with E-state index in [9.17, 15) is 0 Å². The van der Waals surface area contributed by atoms with Crippen molar-refractivity contribution in [2.45, 2.75) is 0 Å². The summed E-state index contributed by atoms with van der Waals surface area (Å²) in [7, 11) is 0. The Morgan fingerprint density at radius 3 is 1.82 bits per heavy atom. The molecule has 11 heavy (non-hydrogen) atoms. The highest BCUT2D eigenvalue weighted by Gasteiger charge is 1.56. The van der Waals surface area contributed by atoms with Crippen molar-refractivity contribution in [2.75, 3.05) is 0 Å². The zero-order chi connectivity index (χ0) is 8.95. The molecule has 0 spiro atoms. The van der Waals surface area contributed by atoms with Gasteiger partial charge >= 0.3 is 0 Å². The fourth-order valence-corrected chi connectivity index (χ4v) is 0.215. The maximum absolute atomic E-state index is 8.24. The van der Waals surface area contributed by atoms with E-state index in [0.717, 1.165) is 0 Å². The number of H-pyrrole nitrogens is 1. The lowest BCUT2D eigenvalue weighted by Crippen LogP contribution is -1.44. The van der Waals surface area contributed by atoms with Gasteiger partial charge in [0.05, 0.1) is 6.33 Å². The molecule has 58 valence electrons. The monoisotopic (exact) mass is 152 g/mol. The number of aromatic amines is 1. The van der Waals surface area contributed by atoms with Crippen LogP contribution in [0, 0.1) is 0 Å². The maximum Gasteiger partial charge on any atom is 0.0919 e. The molecule has 0 radical (unpaired) electrons. The Hall–Kier alpha value is -2.03. The number of rotatable bonds is 0. The zero-order valence-corrected chi connectivity index (χ0v) is 5.39. The molecule has 0 aliphatic rings. The molecule has 0 amide bonds. The average molecular weight is 152 g/mol. The molecule has 1 N–H and O–H groups in total. The van der Waals surface area contributed by atoms with Crippen molar-refractivity contribution in [1.29, 1.82) is 0 Å². The van der Waals surface area contributed by atoms with Crippen LogP contribution in [0.5, 0.6) is 0 Å². The topological polar surface area (TPSA) is 107 Å². The van der Waals surface area contributed by atoms with E-state index in [4.69, 9.17) is 20.4 Å². The number of hydrogen-bond donors (Lipinski definition) is 1. The first kappa shape index (κ1) is 11.7. The number of hydrogen-bond acceptors (Lipinski definition) is 3. The molecule has 0 aliphatic heterocycles. The highest BCUT2D eigenvalue weighted by Crippen LogP contribution is 1.62. The van der Waals surface area contributed by atoms with Crippen molar-refractivity contribution in [2.24, 2.45) is 0 Å². The van der Waals surface area contributed by atoms with E-state index in [1.54, 1.807) is 18.7 Å². The van der Waals surface area contributed by atoms with Crippen LogP contribution in [0.1, 0.15) is 0 Å². The van der Waals surface area contributed by atoms with Gasteiger partial charge in [0.2, 0.25) is 0 Å². The SMILES string of the molecule is [N-]=C=O.[N-]=C=O.c1c[nH]cn1. The molecule has 0 saturated heterocycles. The summed E-state index contributed by atoms with van der Waals surface area (Å²) in [6.45, 7) is 0. The number of isocyanates is 2. The molecule has 0 fully saturated rings. The largest absolute Gasteiger partial charge is 0.724 e. The maximum atomic E-state index is 8.24. The third-order valence-corrected chi connectivity index (χ3v) is 0.406. The van der Waals surface area contributed by atoms with Crippen LogP contribution in [0.2, 0.25) is 0 Å². The molecule has 0 bridgehead atoms. The molecule has 0 saturated carbocycles. The smallest absolute Gasteiger partial charge is 0.0919 e. The highest BCUT2D eigenvalue weighted by molar-refractivity contribution is 5.37. The Morgan fingerprint density at radius 1 is 1.27 bits per heavy atom. The van der Waals surface area contributed by atoms with Gasteiger partial charge in [0.1, 0.15) is 0 Å². The molecule has 1 aromatic rings. The molecule has 6 heteroatoms. The Labute approximate surface area is 62.3 Å². The summed E-state index contributed by atoms with van der Waals surface area (Å²) in [5.74, 6) is 0. The molecule has 6 nitrogen and oxygen atoms in total. The van der Waals surface area contributed by atoms with Crippen molar-refractivity contribution >= 4 is 12.2 Å². The standard InChI is InChI=1S/C3H4N2.2CNO/c1-2-5-3-4-1;2*2-1-3/h1-3H,(H,4,5);;/q;2*-1. The second-order valence-electron chi connectivity index (χ2n) is 0.943. The van der Waals surface area contributed by atoms with Crippen LogP contribution in [0.3, 0.4) is 0 Å². The van der Waals surface area contributed by atoms with Crippen LogP contribution in [-0.2, 0) is 9.59 Å². The van der Waals surface area contributed by atoms with E-state index in [1.807, 2.05) is 0 Å². The summed E-state index contributed by atoms with van der Waals surface area (Å²) in [6.07, 6.45) is 6.08. The van der Waals surface area contributed by atoms with Gasteiger partial charge in [-0.05, 0) is 12.2 Å². The number of carbonyl (C=O) groups excluding carboxylic acids is 2. The summed E-state index contributed by atoms with van der Waals surface area (Å²) in [6, 6.07) is 0. The first-order chi connectivity index (χ1) is 5.33. The van der Waals surface area contributed by atoms with Crippen LogP contribution >= 0.6 is 0 Å². The van der Waals surface area contributed by atoms with Crippen LogP contribution in [-0.4, -0.2) is 22.1 Å². The summed E-state index contributed by atoms with van der Waals surface area (Å²) < 4.78 is 0. The minimum atomic E-state index is 0.500. The number of nitrogens with zero attached hydrogens (tertiary/aromatic N) is 3. The van der Waals surface area contributed by atoms with Crippen LogP contribution in [0.25, 0.3) is 10.8 Å². The van der Waals surface area contributed by atoms with Gasteiger partial charge in [-0.25, -0.2) is 4.98 Å². The fourth-order valence-electron chi connectivity index (χ4n) is 0.215. The number of nitrogens with one attached hydrogen (secondary N) is 1. The quantitative estimate of drug-likeness (QED) is 0.423. The van der Waals surface area contributed by atoms with Gasteiger partial charge < -0.3 is 15.8 Å². The molecular weight excluding hydrogens is 148 g/mol.